The molecular formula is C18H28N6O6. The average molecular weight is 424 g/mol. The molecule has 1 aliphatic heterocycles. The largest absolute Gasteiger partial charge is 0.480 e. The first-order valence-electron chi connectivity index (χ1n) is 9.66. The Hall–Kier alpha value is -2.99. The fraction of sp³-hybridized carbons (Fsp3) is 0.611. The Morgan fingerprint density at radius 1 is 1.33 bits per heavy atom. The standard InChI is InChI=1S/C18H28N6O6/c1-9(15(26)23-12(18(29)30)6-11-7-20-8-21-11)22-16(27)13-4-3-5-24(13)17(28)14(19)10(2)25/h7-10,12-14,25H,3-6,19H2,1-2H3,(H,20,21)(H,22,27)(H,23,26)(H,29,30). The van der Waals surface area contributed by atoms with E-state index in [0.29, 0.717) is 25.1 Å². The van der Waals surface area contributed by atoms with Gasteiger partial charge < -0.3 is 36.5 Å². The highest BCUT2D eigenvalue weighted by Gasteiger charge is 2.38. The van der Waals surface area contributed by atoms with Crippen LogP contribution in [0.25, 0.3) is 0 Å². The van der Waals surface area contributed by atoms with Gasteiger partial charge in [0, 0.05) is 24.9 Å². The third-order valence-electron chi connectivity index (χ3n) is 4.99. The van der Waals surface area contributed by atoms with Gasteiger partial charge >= 0.3 is 5.97 Å². The number of amides is 3. The van der Waals surface area contributed by atoms with Gasteiger partial charge in [-0.15, -0.1) is 0 Å². The van der Waals surface area contributed by atoms with Crippen molar-refractivity contribution in [1.82, 2.24) is 25.5 Å². The van der Waals surface area contributed by atoms with Gasteiger partial charge in [-0.25, -0.2) is 9.78 Å². The summed E-state index contributed by atoms with van der Waals surface area (Å²) < 4.78 is 0. The number of aliphatic carboxylic acids is 1. The van der Waals surface area contributed by atoms with E-state index < -0.39 is 54.0 Å². The topological polar surface area (TPSA) is 191 Å². The smallest absolute Gasteiger partial charge is 0.326 e. The summed E-state index contributed by atoms with van der Waals surface area (Å²) >= 11 is 0. The first-order chi connectivity index (χ1) is 14.1. The van der Waals surface area contributed by atoms with Crippen LogP contribution in [0.5, 0.6) is 0 Å². The monoisotopic (exact) mass is 424 g/mol. The Morgan fingerprint density at radius 3 is 2.60 bits per heavy atom. The van der Waals surface area contributed by atoms with E-state index in [1.54, 1.807) is 0 Å². The molecule has 1 aromatic heterocycles. The molecule has 0 aromatic carbocycles. The zero-order valence-electron chi connectivity index (χ0n) is 16.9. The van der Waals surface area contributed by atoms with Crippen LogP contribution in [0.2, 0.25) is 0 Å². The van der Waals surface area contributed by atoms with Crippen LogP contribution in [0.4, 0.5) is 0 Å². The van der Waals surface area contributed by atoms with E-state index in [1.807, 2.05) is 0 Å². The molecule has 1 saturated heterocycles. The van der Waals surface area contributed by atoms with Gasteiger partial charge in [0.05, 0.1) is 12.4 Å². The Kier molecular flexibility index (Phi) is 7.89. The number of hydrogen-bond donors (Lipinski definition) is 6. The molecule has 0 radical (unpaired) electrons. The molecule has 0 saturated carbocycles. The second-order valence-electron chi connectivity index (χ2n) is 7.37. The molecule has 2 heterocycles. The van der Waals surface area contributed by atoms with Crippen molar-refractivity contribution < 1.29 is 29.4 Å². The van der Waals surface area contributed by atoms with Crippen LogP contribution in [0.3, 0.4) is 0 Å². The maximum Gasteiger partial charge on any atom is 0.326 e. The van der Waals surface area contributed by atoms with Crippen molar-refractivity contribution in [2.75, 3.05) is 6.54 Å². The summed E-state index contributed by atoms with van der Waals surface area (Å²) in [7, 11) is 0. The lowest BCUT2D eigenvalue weighted by molar-refractivity contribution is -0.143. The Morgan fingerprint density at radius 2 is 2.03 bits per heavy atom. The van der Waals surface area contributed by atoms with Crippen LogP contribution < -0.4 is 16.4 Å². The highest BCUT2D eigenvalue weighted by molar-refractivity contribution is 5.94. The van der Waals surface area contributed by atoms with E-state index in [9.17, 15) is 29.4 Å². The highest BCUT2D eigenvalue weighted by atomic mass is 16.4. The van der Waals surface area contributed by atoms with Gasteiger partial charge in [0.2, 0.25) is 17.7 Å². The van der Waals surface area contributed by atoms with Crippen molar-refractivity contribution in [2.45, 2.75) is 63.4 Å². The Balaban J connectivity index is 1.95. The van der Waals surface area contributed by atoms with Crippen LogP contribution in [0, 0.1) is 0 Å². The first kappa shape index (κ1) is 23.3. The molecule has 0 bridgehead atoms. The molecule has 12 heteroatoms. The van der Waals surface area contributed by atoms with Crippen molar-refractivity contribution in [3.63, 3.8) is 0 Å². The van der Waals surface area contributed by atoms with E-state index >= 15 is 0 Å². The van der Waals surface area contributed by atoms with E-state index in [0.717, 1.165) is 0 Å². The van der Waals surface area contributed by atoms with E-state index in [4.69, 9.17) is 5.73 Å². The molecule has 1 fully saturated rings. The van der Waals surface area contributed by atoms with Crippen molar-refractivity contribution in [1.29, 1.82) is 0 Å². The van der Waals surface area contributed by atoms with Crippen LogP contribution in [0.15, 0.2) is 12.5 Å². The summed E-state index contributed by atoms with van der Waals surface area (Å²) in [6.07, 6.45) is 2.78. The molecule has 0 aliphatic carbocycles. The summed E-state index contributed by atoms with van der Waals surface area (Å²) in [5, 5.41) is 23.8. The number of carboxylic acid groups (broad SMARTS) is 1. The number of nitrogens with two attached hydrogens (primary N) is 1. The minimum absolute atomic E-state index is 0.00385. The normalized spacial score (nSPS) is 20.1. The number of aliphatic hydroxyl groups is 1. The minimum atomic E-state index is -1.23. The SMILES string of the molecule is CC(NC(=O)C1CCCN1C(=O)C(N)C(C)O)C(=O)NC(Cc1cnc[nH]1)C(=O)O. The molecule has 3 amide bonds. The summed E-state index contributed by atoms with van der Waals surface area (Å²) in [6, 6.07) is -4.18. The maximum absolute atomic E-state index is 12.6. The average Bonchev–Trinajstić information content (AvgIpc) is 3.37. The maximum atomic E-state index is 12.6. The summed E-state index contributed by atoms with van der Waals surface area (Å²) in [5.74, 6) is -2.98. The molecule has 2 rings (SSSR count). The highest BCUT2D eigenvalue weighted by Crippen LogP contribution is 2.19. The molecule has 30 heavy (non-hydrogen) atoms. The number of hydrogen-bond acceptors (Lipinski definition) is 7. The third kappa shape index (κ3) is 5.76. The molecule has 0 spiro atoms. The number of carboxylic acids is 1. The van der Waals surface area contributed by atoms with E-state index in [1.165, 1.54) is 31.3 Å². The second-order valence-corrected chi connectivity index (χ2v) is 7.37. The molecule has 12 nitrogen and oxygen atoms in total. The van der Waals surface area contributed by atoms with Gasteiger partial charge in [-0.05, 0) is 26.7 Å². The van der Waals surface area contributed by atoms with Gasteiger partial charge in [0.25, 0.3) is 0 Å². The van der Waals surface area contributed by atoms with Gasteiger partial charge in [-0.1, -0.05) is 0 Å². The molecule has 5 atom stereocenters. The summed E-state index contributed by atoms with van der Waals surface area (Å²) in [5.41, 5.74) is 6.23. The predicted molar refractivity (Wildman–Crippen MR) is 104 cm³/mol. The van der Waals surface area contributed by atoms with Crippen LogP contribution in [-0.2, 0) is 25.6 Å². The number of rotatable bonds is 9. The van der Waals surface area contributed by atoms with Crippen LogP contribution >= 0.6 is 0 Å². The minimum Gasteiger partial charge on any atom is -0.480 e. The molecule has 166 valence electrons. The molecular weight excluding hydrogens is 396 g/mol. The molecule has 5 unspecified atom stereocenters. The lowest BCUT2D eigenvalue weighted by Crippen LogP contribution is -2.57. The van der Waals surface area contributed by atoms with Crippen molar-refractivity contribution in [2.24, 2.45) is 5.73 Å². The second kappa shape index (κ2) is 10.2. The number of H-pyrrole nitrogens is 1. The van der Waals surface area contributed by atoms with Gasteiger partial charge in [-0.3, -0.25) is 14.4 Å². The van der Waals surface area contributed by atoms with Gasteiger partial charge in [0.1, 0.15) is 24.2 Å². The summed E-state index contributed by atoms with van der Waals surface area (Å²) in [6.45, 7) is 3.14. The third-order valence-corrected chi connectivity index (χ3v) is 4.99. The number of carbonyl (C=O) groups excluding carboxylic acids is 3. The number of carbonyl (C=O) groups is 4. The van der Waals surface area contributed by atoms with E-state index in [2.05, 4.69) is 20.6 Å². The van der Waals surface area contributed by atoms with Crippen molar-refractivity contribution in [3.05, 3.63) is 18.2 Å². The fourth-order valence-electron chi connectivity index (χ4n) is 3.19. The summed E-state index contributed by atoms with van der Waals surface area (Å²) in [4.78, 5) is 56.7. The van der Waals surface area contributed by atoms with E-state index in [-0.39, 0.29) is 6.42 Å². The predicted octanol–water partition coefficient (Wildman–Crippen LogP) is -2.27. The zero-order valence-corrected chi connectivity index (χ0v) is 16.9. The number of nitrogens with zero attached hydrogens (tertiary/aromatic N) is 2. The quantitative estimate of drug-likeness (QED) is 0.255. The lowest BCUT2D eigenvalue weighted by atomic mass is 10.1. The Bertz CT molecular complexity index is 767. The number of aromatic amines is 1. The number of aliphatic hydroxyl groups excluding tert-OH is 1. The molecule has 1 aromatic rings. The number of imidazole rings is 1. The first-order valence-corrected chi connectivity index (χ1v) is 9.66. The van der Waals surface area contributed by atoms with Crippen molar-refractivity contribution >= 4 is 23.7 Å². The number of nitrogens with one attached hydrogen (secondary N) is 3. The number of likely N-dealkylation sites (tertiary alicyclic amines) is 1. The Labute approximate surface area is 173 Å². The number of aromatic nitrogens is 2. The van der Waals surface area contributed by atoms with Crippen molar-refractivity contribution in [3.8, 4) is 0 Å². The van der Waals surface area contributed by atoms with Gasteiger partial charge in [0.15, 0.2) is 0 Å². The van der Waals surface area contributed by atoms with Gasteiger partial charge in [-0.2, -0.15) is 0 Å². The lowest BCUT2D eigenvalue weighted by Gasteiger charge is -2.28. The fourth-order valence-corrected chi connectivity index (χ4v) is 3.19. The van der Waals surface area contributed by atoms with Crippen LogP contribution in [-0.4, -0.2) is 85.6 Å². The molecule has 7 N–H and O–H groups in total. The van der Waals surface area contributed by atoms with Crippen LogP contribution in [0.1, 0.15) is 32.4 Å². The zero-order chi connectivity index (χ0) is 22.4. The molecule has 1 aliphatic rings.